The fourth-order valence-corrected chi connectivity index (χ4v) is 2.65. The van der Waals surface area contributed by atoms with Crippen LogP contribution in [-0.2, 0) is 6.54 Å². The number of halogens is 1. The Morgan fingerprint density at radius 1 is 1.05 bits per heavy atom. The van der Waals surface area contributed by atoms with E-state index in [0.717, 1.165) is 36.2 Å². The first-order valence-corrected chi connectivity index (χ1v) is 7.19. The van der Waals surface area contributed by atoms with Gasteiger partial charge in [-0.3, -0.25) is 0 Å². The molecule has 0 heterocycles. The van der Waals surface area contributed by atoms with Crippen molar-refractivity contribution in [3.05, 3.63) is 58.9 Å². The molecule has 0 saturated heterocycles. The van der Waals surface area contributed by atoms with Gasteiger partial charge in [0.05, 0.1) is 0 Å². The predicted octanol–water partition coefficient (Wildman–Crippen LogP) is 4.61. The Morgan fingerprint density at radius 2 is 1.70 bits per heavy atom. The molecule has 0 bridgehead atoms. The molecule has 1 N–H and O–H groups in total. The summed E-state index contributed by atoms with van der Waals surface area (Å²) in [5.74, 6) is -0.162. The van der Waals surface area contributed by atoms with Gasteiger partial charge in [-0.25, -0.2) is 4.39 Å². The molecule has 2 rings (SSSR count). The molecule has 0 saturated carbocycles. The fraction of sp³-hybridized carbons (Fsp3) is 0.333. The first kappa shape index (κ1) is 14.7. The molecule has 106 valence electrons. The summed E-state index contributed by atoms with van der Waals surface area (Å²) in [6.07, 6.45) is 1.12. The Bertz CT molecular complexity index is 567. The molecular formula is C18H22FN. The topological polar surface area (TPSA) is 12.0 Å². The van der Waals surface area contributed by atoms with Crippen LogP contribution in [0, 0.1) is 19.7 Å². The summed E-state index contributed by atoms with van der Waals surface area (Å²) in [5, 5.41) is 3.44. The Hall–Kier alpha value is -1.67. The van der Waals surface area contributed by atoms with E-state index in [-0.39, 0.29) is 5.82 Å². The third kappa shape index (κ3) is 3.26. The van der Waals surface area contributed by atoms with E-state index >= 15 is 0 Å². The average Bonchev–Trinajstić information content (AvgIpc) is 2.39. The van der Waals surface area contributed by atoms with Gasteiger partial charge in [0.1, 0.15) is 5.82 Å². The maximum absolute atomic E-state index is 13.5. The van der Waals surface area contributed by atoms with E-state index in [4.69, 9.17) is 0 Å². The largest absolute Gasteiger partial charge is 0.313 e. The molecule has 1 nitrogen and oxygen atoms in total. The zero-order valence-electron chi connectivity index (χ0n) is 12.5. The number of hydrogen-bond acceptors (Lipinski definition) is 1. The molecule has 0 unspecified atom stereocenters. The molecule has 0 atom stereocenters. The van der Waals surface area contributed by atoms with Crippen LogP contribution in [0.3, 0.4) is 0 Å². The van der Waals surface area contributed by atoms with Crippen molar-refractivity contribution in [3.8, 4) is 11.1 Å². The summed E-state index contributed by atoms with van der Waals surface area (Å²) in [7, 11) is 0. The molecule has 0 aliphatic heterocycles. The molecule has 0 amide bonds. The standard InChI is InChI=1S/C18H22FN/c1-4-9-20-12-15-7-5-6-8-17(15)18-13(2)10-16(19)11-14(18)3/h5-8,10-11,20H,4,9,12H2,1-3H3. The monoisotopic (exact) mass is 271 g/mol. The van der Waals surface area contributed by atoms with Crippen molar-refractivity contribution in [1.82, 2.24) is 5.32 Å². The Balaban J connectivity index is 2.42. The van der Waals surface area contributed by atoms with Crippen LogP contribution < -0.4 is 5.32 Å². The highest BCUT2D eigenvalue weighted by Crippen LogP contribution is 2.30. The zero-order valence-corrected chi connectivity index (χ0v) is 12.5. The van der Waals surface area contributed by atoms with Gasteiger partial charge in [0.25, 0.3) is 0 Å². The summed E-state index contributed by atoms with van der Waals surface area (Å²) < 4.78 is 13.5. The van der Waals surface area contributed by atoms with Gasteiger partial charge in [-0.05, 0) is 66.8 Å². The summed E-state index contributed by atoms with van der Waals surface area (Å²) in [6, 6.07) is 11.6. The number of hydrogen-bond donors (Lipinski definition) is 1. The Kier molecular flexibility index (Phi) is 4.91. The van der Waals surface area contributed by atoms with Crippen molar-refractivity contribution in [2.45, 2.75) is 33.7 Å². The van der Waals surface area contributed by atoms with Crippen LogP contribution in [0.5, 0.6) is 0 Å². The minimum atomic E-state index is -0.162. The highest BCUT2D eigenvalue weighted by Gasteiger charge is 2.11. The van der Waals surface area contributed by atoms with E-state index in [1.165, 1.54) is 11.1 Å². The second kappa shape index (κ2) is 6.67. The van der Waals surface area contributed by atoms with E-state index in [2.05, 4.69) is 30.4 Å². The lowest BCUT2D eigenvalue weighted by Crippen LogP contribution is -2.14. The number of rotatable bonds is 5. The quantitative estimate of drug-likeness (QED) is 0.783. The van der Waals surface area contributed by atoms with Crippen molar-refractivity contribution in [2.75, 3.05) is 6.54 Å². The van der Waals surface area contributed by atoms with E-state index in [1.54, 1.807) is 12.1 Å². The smallest absolute Gasteiger partial charge is 0.123 e. The summed E-state index contributed by atoms with van der Waals surface area (Å²) in [6.45, 7) is 7.96. The second-order valence-corrected chi connectivity index (χ2v) is 5.25. The van der Waals surface area contributed by atoms with E-state index < -0.39 is 0 Å². The first-order chi connectivity index (χ1) is 9.63. The molecule has 0 fully saturated rings. The third-order valence-electron chi connectivity index (χ3n) is 3.53. The van der Waals surface area contributed by atoms with Gasteiger partial charge in [-0.2, -0.15) is 0 Å². The fourth-order valence-electron chi connectivity index (χ4n) is 2.65. The van der Waals surface area contributed by atoms with Crippen LogP contribution in [0.15, 0.2) is 36.4 Å². The van der Waals surface area contributed by atoms with Gasteiger partial charge in [0.15, 0.2) is 0 Å². The molecule has 0 radical (unpaired) electrons. The molecule has 2 aromatic rings. The van der Waals surface area contributed by atoms with Crippen LogP contribution in [0.2, 0.25) is 0 Å². The van der Waals surface area contributed by atoms with Crippen LogP contribution in [0.25, 0.3) is 11.1 Å². The number of nitrogens with one attached hydrogen (secondary N) is 1. The maximum Gasteiger partial charge on any atom is 0.123 e. The van der Waals surface area contributed by atoms with Gasteiger partial charge >= 0.3 is 0 Å². The molecule has 2 aromatic carbocycles. The first-order valence-electron chi connectivity index (χ1n) is 7.19. The van der Waals surface area contributed by atoms with Gasteiger partial charge in [0, 0.05) is 6.54 Å². The second-order valence-electron chi connectivity index (χ2n) is 5.25. The van der Waals surface area contributed by atoms with E-state index in [0.29, 0.717) is 0 Å². The van der Waals surface area contributed by atoms with Crippen LogP contribution >= 0.6 is 0 Å². The van der Waals surface area contributed by atoms with Crippen LogP contribution in [0.4, 0.5) is 4.39 Å². The Morgan fingerprint density at radius 3 is 2.35 bits per heavy atom. The number of aryl methyl sites for hydroxylation is 2. The zero-order chi connectivity index (χ0) is 14.5. The van der Waals surface area contributed by atoms with Crippen molar-refractivity contribution < 1.29 is 4.39 Å². The Labute approximate surface area is 120 Å². The van der Waals surface area contributed by atoms with Crippen LogP contribution in [-0.4, -0.2) is 6.54 Å². The molecular weight excluding hydrogens is 249 g/mol. The molecule has 0 aliphatic carbocycles. The lowest BCUT2D eigenvalue weighted by Gasteiger charge is -2.15. The SMILES string of the molecule is CCCNCc1ccccc1-c1c(C)cc(F)cc1C. The summed E-state index contributed by atoms with van der Waals surface area (Å²) >= 11 is 0. The lowest BCUT2D eigenvalue weighted by atomic mass is 9.92. The van der Waals surface area contributed by atoms with Crippen molar-refractivity contribution in [3.63, 3.8) is 0 Å². The maximum atomic E-state index is 13.5. The predicted molar refractivity (Wildman–Crippen MR) is 83.3 cm³/mol. The minimum Gasteiger partial charge on any atom is -0.313 e. The summed E-state index contributed by atoms with van der Waals surface area (Å²) in [4.78, 5) is 0. The van der Waals surface area contributed by atoms with Crippen molar-refractivity contribution >= 4 is 0 Å². The van der Waals surface area contributed by atoms with E-state index in [9.17, 15) is 4.39 Å². The summed E-state index contributed by atoms with van der Waals surface area (Å²) in [5.41, 5.74) is 5.60. The van der Waals surface area contributed by atoms with Gasteiger partial charge in [-0.15, -0.1) is 0 Å². The van der Waals surface area contributed by atoms with Gasteiger partial charge in [0.2, 0.25) is 0 Å². The van der Waals surface area contributed by atoms with Crippen molar-refractivity contribution in [2.24, 2.45) is 0 Å². The van der Waals surface area contributed by atoms with E-state index in [1.807, 2.05) is 19.9 Å². The highest BCUT2D eigenvalue weighted by atomic mass is 19.1. The normalized spacial score (nSPS) is 10.8. The lowest BCUT2D eigenvalue weighted by molar-refractivity contribution is 0.625. The number of benzene rings is 2. The van der Waals surface area contributed by atoms with Gasteiger partial charge in [-0.1, -0.05) is 31.2 Å². The molecule has 20 heavy (non-hydrogen) atoms. The average molecular weight is 271 g/mol. The molecule has 0 spiro atoms. The highest BCUT2D eigenvalue weighted by molar-refractivity contribution is 5.73. The minimum absolute atomic E-state index is 0.162. The molecule has 0 aliphatic rings. The molecule has 2 heteroatoms. The third-order valence-corrected chi connectivity index (χ3v) is 3.53. The van der Waals surface area contributed by atoms with Crippen LogP contribution in [0.1, 0.15) is 30.0 Å². The van der Waals surface area contributed by atoms with Gasteiger partial charge < -0.3 is 5.32 Å². The van der Waals surface area contributed by atoms with Crippen molar-refractivity contribution in [1.29, 1.82) is 0 Å². The molecule has 0 aromatic heterocycles.